The molecule has 1 saturated carbocycles. The number of unbranched alkanes of at least 4 members (excludes halogenated alkanes) is 2. The first-order chi connectivity index (χ1) is 14.2. The van der Waals surface area contributed by atoms with Crippen LogP contribution in [0.3, 0.4) is 0 Å². The highest BCUT2D eigenvalue weighted by Crippen LogP contribution is 2.38. The Morgan fingerprint density at radius 2 is 1.62 bits per heavy atom. The molecule has 1 aliphatic rings. The van der Waals surface area contributed by atoms with Crippen LogP contribution in [0.5, 0.6) is 5.75 Å². The van der Waals surface area contributed by atoms with Crippen LogP contribution < -0.4 is 4.74 Å². The number of hydrogen-bond acceptors (Lipinski definition) is 2. The van der Waals surface area contributed by atoms with Crippen LogP contribution in [0.15, 0.2) is 42.5 Å². The van der Waals surface area contributed by atoms with Crippen molar-refractivity contribution < 1.29 is 4.74 Å². The number of ether oxygens (including phenoxy) is 1. The highest BCUT2D eigenvalue weighted by molar-refractivity contribution is 5.67. The fourth-order valence-electron chi connectivity index (χ4n) is 4.55. The Balaban J connectivity index is 1.61. The van der Waals surface area contributed by atoms with Gasteiger partial charge in [-0.15, -0.1) is 0 Å². The minimum Gasteiger partial charge on any atom is -0.492 e. The second-order valence-electron chi connectivity index (χ2n) is 8.51. The molecule has 3 rings (SSSR count). The fraction of sp³-hybridized carbons (Fsp3) is 0.519. The first-order valence-electron chi connectivity index (χ1n) is 11.5. The molecule has 0 heterocycles. The van der Waals surface area contributed by atoms with Gasteiger partial charge in [0, 0.05) is 0 Å². The van der Waals surface area contributed by atoms with E-state index in [0.29, 0.717) is 23.8 Å². The maximum absolute atomic E-state index is 9.46. The predicted molar refractivity (Wildman–Crippen MR) is 121 cm³/mol. The summed E-state index contributed by atoms with van der Waals surface area (Å²) in [6.45, 7) is 5.00. The van der Waals surface area contributed by atoms with Crippen molar-refractivity contribution in [1.29, 1.82) is 5.26 Å². The van der Waals surface area contributed by atoms with Crippen molar-refractivity contribution >= 4 is 0 Å². The fourth-order valence-corrected chi connectivity index (χ4v) is 4.55. The van der Waals surface area contributed by atoms with Crippen molar-refractivity contribution in [3.63, 3.8) is 0 Å². The molecule has 0 unspecified atom stereocenters. The molecule has 0 atom stereocenters. The Bertz CT molecular complexity index is 794. The Hall–Kier alpha value is -2.27. The number of rotatable bonds is 9. The van der Waals surface area contributed by atoms with Gasteiger partial charge in [0.15, 0.2) is 0 Å². The van der Waals surface area contributed by atoms with E-state index in [4.69, 9.17) is 4.74 Å². The highest BCUT2D eigenvalue weighted by atomic mass is 16.5. The lowest BCUT2D eigenvalue weighted by atomic mass is 9.77. The second kappa shape index (κ2) is 11.1. The van der Waals surface area contributed by atoms with Crippen molar-refractivity contribution in [2.75, 3.05) is 6.61 Å². The van der Waals surface area contributed by atoms with Gasteiger partial charge in [0.05, 0.1) is 12.2 Å². The largest absolute Gasteiger partial charge is 0.492 e. The molecule has 2 aromatic rings. The van der Waals surface area contributed by atoms with Gasteiger partial charge in [0.1, 0.15) is 11.8 Å². The normalized spacial score (nSPS) is 18.9. The molecular formula is C27H35NO. The molecule has 2 heteroatoms. The monoisotopic (exact) mass is 389 g/mol. The zero-order chi connectivity index (χ0) is 20.5. The van der Waals surface area contributed by atoms with Gasteiger partial charge in [-0.2, -0.15) is 5.26 Å². The van der Waals surface area contributed by atoms with Crippen molar-refractivity contribution in [2.45, 2.75) is 77.6 Å². The average molecular weight is 390 g/mol. The SMILES string of the molecule is CCCCC[C@H]1CC[C@H](c2ccc(-c3ccc(OCCC)c(C#N)c3)cc2)CC1. The minimum absolute atomic E-state index is 0.612. The number of benzene rings is 2. The maximum atomic E-state index is 9.46. The summed E-state index contributed by atoms with van der Waals surface area (Å²) in [5.41, 5.74) is 4.34. The van der Waals surface area contributed by atoms with Gasteiger partial charge in [-0.1, -0.05) is 69.9 Å². The molecule has 0 N–H and O–H groups in total. The van der Waals surface area contributed by atoms with Crippen LogP contribution in [0.25, 0.3) is 11.1 Å². The second-order valence-corrected chi connectivity index (χ2v) is 8.51. The van der Waals surface area contributed by atoms with Gasteiger partial charge < -0.3 is 4.74 Å². The summed E-state index contributed by atoms with van der Waals surface area (Å²) in [6, 6.07) is 17.2. The summed E-state index contributed by atoms with van der Waals surface area (Å²) < 4.78 is 5.68. The van der Waals surface area contributed by atoms with E-state index in [-0.39, 0.29) is 0 Å². The zero-order valence-corrected chi connectivity index (χ0v) is 18.1. The molecule has 2 nitrogen and oxygen atoms in total. The van der Waals surface area contributed by atoms with Crippen LogP contribution in [-0.2, 0) is 0 Å². The number of nitrogens with zero attached hydrogens (tertiary/aromatic N) is 1. The highest BCUT2D eigenvalue weighted by Gasteiger charge is 2.22. The van der Waals surface area contributed by atoms with Crippen LogP contribution >= 0.6 is 0 Å². The van der Waals surface area contributed by atoms with E-state index >= 15 is 0 Å². The smallest absolute Gasteiger partial charge is 0.137 e. The first-order valence-corrected chi connectivity index (χ1v) is 11.5. The third-order valence-electron chi connectivity index (χ3n) is 6.34. The molecule has 0 saturated heterocycles. The van der Waals surface area contributed by atoms with Gasteiger partial charge in [-0.25, -0.2) is 0 Å². The van der Waals surface area contributed by atoms with Gasteiger partial charge in [0.2, 0.25) is 0 Å². The lowest BCUT2D eigenvalue weighted by molar-refractivity contribution is 0.303. The van der Waals surface area contributed by atoms with Crippen molar-refractivity contribution in [3.8, 4) is 22.9 Å². The third-order valence-corrected chi connectivity index (χ3v) is 6.34. The first kappa shape index (κ1) is 21.4. The Morgan fingerprint density at radius 3 is 2.28 bits per heavy atom. The van der Waals surface area contributed by atoms with E-state index in [1.807, 2.05) is 12.1 Å². The molecule has 0 spiro atoms. The number of nitriles is 1. The molecule has 29 heavy (non-hydrogen) atoms. The average Bonchev–Trinajstić information content (AvgIpc) is 2.78. The molecule has 1 aliphatic carbocycles. The maximum Gasteiger partial charge on any atom is 0.137 e. The topological polar surface area (TPSA) is 33.0 Å². The predicted octanol–water partition coefficient (Wildman–Crippen LogP) is 7.87. The van der Waals surface area contributed by atoms with E-state index < -0.39 is 0 Å². The van der Waals surface area contributed by atoms with Gasteiger partial charge in [-0.3, -0.25) is 0 Å². The quantitative estimate of drug-likeness (QED) is 0.409. The van der Waals surface area contributed by atoms with Crippen molar-refractivity contribution in [2.24, 2.45) is 5.92 Å². The van der Waals surface area contributed by atoms with E-state index in [1.165, 1.54) is 62.5 Å². The summed E-state index contributed by atoms with van der Waals surface area (Å²) in [4.78, 5) is 0. The van der Waals surface area contributed by atoms with Crippen LogP contribution in [0.1, 0.15) is 88.7 Å². The summed E-state index contributed by atoms with van der Waals surface area (Å²) in [5, 5.41) is 9.46. The molecular weight excluding hydrogens is 354 g/mol. The molecule has 1 fully saturated rings. The van der Waals surface area contributed by atoms with Gasteiger partial charge in [-0.05, 0) is 72.8 Å². The van der Waals surface area contributed by atoms with Crippen LogP contribution in [-0.4, -0.2) is 6.61 Å². The van der Waals surface area contributed by atoms with Crippen molar-refractivity contribution in [3.05, 3.63) is 53.6 Å². The van der Waals surface area contributed by atoms with Crippen molar-refractivity contribution in [1.82, 2.24) is 0 Å². The minimum atomic E-state index is 0.612. The van der Waals surface area contributed by atoms with E-state index in [1.54, 1.807) is 0 Å². The van der Waals surface area contributed by atoms with Gasteiger partial charge >= 0.3 is 0 Å². The zero-order valence-electron chi connectivity index (χ0n) is 18.1. The van der Waals surface area contributed by atoms with E-state index in [9.17, 15) is 5.26 Å². The molecule has 2 aromatic carbocycles. The van der Waals surface area contributed by atoms with E-state index in [2.05, 4.69) is 50.2 Å². The summed E-state index contributed by atoms with van der Waals surface area (Å²) in [6.07, 6.45) is 11.9. The molecule has 0 radical (unpaired) electrons. The third kappa shape index (κ3) is 5.86. The molecule has 0 bridgehead atoms. The molecule has 154 valence electrons. The molecule has 0 aromatic heterocycles. The summed E-state index contributed by atoms with van der Waals surface area (Å²) in [7, 11) is 0. The lowest BCUT2D eigenvalue weighted by Crippen LogP contribution is -2.13. The van der Waals surface area contributed by atoms with Crippen LogP contribution in [0.2, 0.25) is 0 Å². The Labute approximate surface area is 176 Å². The Morgan fingerprint density at radius 1 is 0.897 bits per heavy atom. The van der Waals surface area contributed by atoms with Crippen LogP contribution in [0.4, 0.5) is 0 Å². The molecule has 0 amide bonds. The number of hydrogen-bond donors (Lipinski definition) is 0. The Kier molecular flexibility index (Phi) is 8.17. The summed E-state index contributed by atoms with van der Waals surface area (Å²) in [5.74, 6) is 2.35. The standard InChI is InChI=1S/C27H35NO/c1-3-5-6-7-21-8-10-22(11-9-21)23-12-14-24(15-13-23)25-16-17-27(29-18-4-2)26(19-25)20-28/h12-17,19,21-22H,3-11,18H2,1-2H3/t21-,22-. The lowest BCUT2D eigenvalue weighted by Gasteiger charge is -2.29. The van der Waals surface area contributed by atoms with E-state index in [0.717, 1.165) is 17.9 Å². The van der Waals surface area contributed by atoms with Crippen LogP contribution in [0, 0.1) is 17.2 Å². The molecule has 0 aliphatic heterocycles. The van der Waals surface area contributed by atoms with Gasteiger partial charge in [0.25, 0.3) is 0 Å². The summed E-state index contributed by atoms with van der Waals surface area (Å²) >= 11 is 0.